The number of rotatable bonds is 4. The highest BCUT2D eigenvalue weighted by atomic mass is 16.5. The van der Waals surface area contributed by atoms with Crippen LogP contribution in [0, 0.1) is 51.2 Å². The summed E-state index contributed by atoms with van der Waals surface area (Å²) in [6, 6.07) is 13.3. The maximum Gasteiger partial charge on any atom is 0.167 e. The monoisotopic (exact) mass is 321 g/mol. The third-order valence-electron chi connectivity index (χ3n) is 4.86. The van der Waals surface area contributed by atoms with Crippen LogP contribution in [-0.2, 0) is 4.79 Å². The number of methoxy groups -OCH3 is 1. The van der Waals surface area contributed by atoms with E-state index in [2.05, 4.69) is 12.1 Å². The van der Waals surface area contributed by atoms with E-state index in [0.717, 1.165) is 12.0 Å². The van der Waals surface area contributed by atoms with Crippen LogP contribution >= 0.6 is 0 Å². The van der Waals surface area contributed by atoms with E-state index in [1.807, 2.05) is 13.0 Å². The lowest BCUT2D eigenvalue weighted by Gasteiger charge is -2.42. The van der Waals surface area contributed by atoms with Gasteiger partial charge in [-0.05, 0) is 24.1 Å². The molecule has 0 radical (unpaired) electrons. The van der Waals surface area contributed by atoms with Crippen LogP contribution in [0.25, 0.3) is 0 Å². The van der Waals surface area contributed by atoms with Crippen molar-refractivity contribution >= 4 is 5.78 Å². The van der Waals surface area contributed by atoms with E-state index >= 15 is 0 Å². The molecular weight excluding hydrogens is 302 g/mol. The van der Waals surface area contributed by atoms with Crippen molar-refractivity contribution < 1.29 is 9.53 Å². The molecule has 0 amide bonds. The Labute approximate surface area is 142 Å². The van der Waals surface area contributed by atoms with Gasteiger partial charge in [-0.25, -0.2) is 0 Å². The highest BCUT2D eigenvalue weighted by Crippen LogP contribution is 2.52. The van der Waals surface area contributed by atoms with E-state index in [1.54, 1.807) is 31.4 Å². The molecule has 1 fully saturated rings. The molecule has 0 aliphatic heterocycles. The third-order valence-corrected chi connectivity index (χ3v) is 4.86. The first-order chi connectivity index (χ1) is 11.6. The van der Waals surface area contributed by atoms with Crippen molar-refractivity contribution in [2.75, 3.05) is 7.11 Å². The molecule has 0 aromatic heterocycles. The summed E-state index contributed by atoms with van der Waals surface area (Å²) in [5.41, 5.74) is -0.789. The summed E-state index contributed by atoms with van der Waals surface area (Å²) >= 11 is 0. The van der Waals surface area contributed by atoms with E-state index in [1.165, 1.54) is 0 Å². The van der Waals surface area contributed by atoms with Crippen molar-refractivity contribution in [3.05, 3.63) is 29.8 Å². The molecule has 1 aliphatic rings. The van der Waals surface area contributed by atoms with Crippen LogP contribution in [-0.4, -0.2) is 12.9 Å². The standard InChI is InChI=1S/C19H19N3O2/c1-3-4-16-17(23)9-14(10-20)19(11-21,12-22)18(16)13-5-7-15(24-2)8-6-13/h5-8,14,16,18H,3-4,9H2,1-2H3. The average Bonchev–Trinajstić information content (AvgIpc) is 2.63. The van der Waals surface area contributed by atoms with Gasteiger partial charge in [-0.1, -0.05) is 25.5 Å². The maximum absolute atomic E-state index is 12.6. The number of benzene rings is 1. The molecule has 0 heterocycles. The van der Waals surface area contributed by atoms with Gasteiger partial charge in [-0.15, -0.1) is 0 Å². The minimum Gasteiger partial charge on any atom is -0.497 e. The van der Waals surface area contributed by atoms with Gasteiger partial charge < -0.3 is 4.74 Å². The molecule has 0 N–H and O–H groups in total. The van der Waals surface area contributed by atoms with Crippen LogP contribution in [0.5, 0.6) is 5.75 Å². The molecule has 1 aromatic carbocycles. The van der Waals surface area contributed by atoms with E-state index in [4.69, 9.17) is 4.74 Å². The molecule has 3 unspecified atom stereocenters. The lowest BCUT2D eigenvalue weighted by Crippen LogP contribution is -2.46. The topological polar surface area (TPSA) is 97.7 Å². The molecule has 24 heavy (non-hydrogen) atoms. The zero-order valence-electron chi connectivity index (χ0n) is 13.8. The lowest BCUT2D eigenvalue weighted by atomic mass is 9.55. The molecule has 0 saturated heterocycles. The van der Waals surface area contributed by atoms with Crippen LogP contribution in [0.15, 0.2) is 24.3 Å². The second kappa shape index (κ2) is 7.16. The first-order valence-electron chi connectivity index (χ1n) is 7.96. The van der Waals surface area contributed by atoms with Crippen molar-refractivity contribution in [2.24, 2.45) is 17.3 Å². The van der Waals surface area contributed by atoms with Crippen molar-refractivity contribution in [1.82, 2.24) is 0 Å². The van der Waals surface area contributed by atoms with Gasteiger partial charge in [0.2, 0.25) is 0 Å². The van der Waals surface area contributed by atoms with Crippen LogP contribution in [0.2, 0.25) is 0 Å². The van der Waals surface area contributed by atoms with Gasteiger partial charge in [-0.3, -0.25) is 4.79 Å². The average molecular weight is 321 g/mol. The number of nitrogens with zero attached hydrogens (tertiary/aromatic N) is 3. The molecule has 5 heteroatoms. The molecule has 1 saturated carbocycles. The Morgan fingerprint density at radius 3 is 2.29 bits per heavy atom. The highest BCUT2D eigenvalue weighted by Gasteiger charge is 2.56. The summed E-state index contributed by atoms with van der Waals surface area (Å²) in [5.74, 6) is -1.33. The quantitative estimate of drug-likeness (QED) is 0.847. The first kappa shape index (κ1) is 17.5. The van der Waals surface area contributed by atoms with Gasteiger partial charge in [0.1, 0.15) is 11.5 Å². The zero-order chi connectivity index (χ0) is 17.7. The minimum atomic E-state index is -1.52. The Bertz CT molecular complexity index is 720. The van der Waals surface area contributed by atoms with Gasteiger partial charge in [-0.2, -0.15) is 15.8 Å². The van der Waals surface area contributed by atoms with Crippen molar-refractivity contribution in [3.8, 4) is 24.0 Å². The predicted octanol–water partition coefficient (Wildman–Crippen LogP) is 3.34. The Kier molecular flexibility index (Phi) is 5.22. The Morgan fingerprint density at radius 1 is 1.21 bits per heavy atom. The summed E-state index contributed by atoms with van der Waals surface area (Å²) in [7, 11) is 1.56. The molecular formula is C19H19N3O2. The summed E-state index contributed by atoms with van der Waals surface area (Å²) in [4.78, 5) is 12.6. The van der Waals surface area contributed by atoms with E-state index in [9.17, 15) is 20.6 Å². The number of carbonyl (C=O) groups is 1. The van der Waals surface area contributed by atoms with Gasteiger partial charge in [0.15, 0.2) is 5.41 Å². The fourth-order valence-electron chi connectivity index (χ4n) is 3.65. The summed E-state index contributed by atoms with van der Waals surface area (Å²) < 4.78 is 5.15. The normalized spacial score (nSPS) is 25.1. The maximum atomic E-state index is 12.6. The van der Waals surface area contributed by atoms with Gasteiger partial charge in [0, 0.05) is 18.3 Å². The number of nitriles is 3. The number of ketones is 1. The molecule has 1 aromatic rings. The van der Waals surface area contributed by atoms with Crippen LogP contribution in [0.1, 0.15) is 37.7 Å². The summed E-state index contributed by atoms with van der Waals surface area (Å²) in [5, 5.41) is 29.0. The summed E-state index contributed by atoms with van der Waals surface area (Å²) in [6.45, 7) is 1.97. The van der Waals surface area contributed by atoms with Crippen LogP contribution < -0.4 is 4.74 Å². The second-order valence-electron chi connectivity index (χ2n) is 6.09. The number of hydrogen-bond donors (Lipinski definition) is 0. The fourth-order valence-corrected chi connectivity index (χ4v) is 3.65. The molecule has 3 atom stereocenters. The summed E-state index contributed by atoms with van der Waals surface area (Å²) in [6.07, 6.45) is 1.33. The van der Waals surface area contributed by atoms with Crippen LogP contribution in [0.3, 0.4) is 0 Å². The Hall–Kier alpha value is -2.84. The van der Waals surface area contributed by atoms with E-state index in [-0.39, 0.29) is 12.2 Å². The number of Topliss-reactive ketones (excluding diaryl/α,β-unsaturated/α-hetero) is 1. The SMILES string of the molecule is CCCC1C(=O)CC(C#N)C(C#N)(C#N)C1c1ccc(OC)cc1. The van der Waals surface area contributed by atoms with Crippen molar-refractivity contribution in [3.63, 3.8) is 0 Å². The molecule has 0 bridgehead atoms. The molecule has 5 nitrogen and oxygen atoms in total. The number of carbonyl (C=O) groups excluding carboxylic acids is 1. The van der Waals surface area contributed by atoms with Crippen molar-refractivity contribution in [1.29, 1.82) is 15.8 Å². The fraction of sp³-hybridized carbons (Fsp3) is 0.474. The van der Waals surface area contributed by atoms with E-state index in [0.29, 0.717) is 12.2 Å². The molecule has 0 spiro atoms. The van der Waals surface area contributed by atoms with E-state index < -0.39 is 23.2 Å². The largest absolute Gasteiger partial charge is 0.497 e. The second-order valence-corrected chi connectivity index (χ2v) is 6.09. The van der Waals surface area contributed by atoms with Gasteiger partial charge in [0.05, 0.1) is 31.2 Å². The Balaban J connectivity index is 2.63. The van der Waals surface area contributed by atoms with Crippen LogP contribution in [0.4, 0.5) is 0 Å². The predicted molar refractivity (Wildman–Crippen MR) is 86.5 cm³/mol. The van der Waals surface area contributed by atoms with Gasteiger partial charge in [0.25, 0.3) is 0 Å². The highest BCUT2D eigenvalue weighted by molar-refractivity contribution is 5.84. The molecule has 1 aliphatic carbocycles. The molecule has 2 rings (SSSR count). The number of hydrogen-bond acceptors (Lipinski definition) is 5. The zero-order valence-corrected chi connectivity index (χ0v) is 13.8. The number of ether oxygens (including phenoxy) is 1. The Morgan fingerprint density at radius 2 is 1.83 bits per heavy atom. The molecule has 122 valence electrons. The smallest absolute Gasteiger partial charge is 0.167 e. The lowest BCUT2D eigenvalue weighted by molar-refractivity contribution is -0.128. The van der Waals surface area contributed by atoms with Gasteiger partial charge >= 0.3 is 0 Å². The first-order valence-corrected chi connectivity index (χ1v) is 7.96. The third kappa shape index (κ3) is 2.72. The minimum absolute atomic E-state index is 0.0328. The van der Waals surface area contributed by atoms with Crippen molar-refractivity contribution in [2.45, 2.75) is 32.1 Å².